The number of para-hydroxylation sites is 4. The highest BCUT2D eigenvalue weighted by Crippen LogP contribution is 2.61. The van der Waals surface area contributed by atoms with Crippen molar-refractivity contribution in [2.75, 3.05) is 0 Å². The van der Waals surface area contributed by atoms with Gasteiger partial charge in [0.25, 0.3) is 0 Å². The number of benzene rings is 7. The molecule has 2 nitrogen and oxygen atoms in total. The van der Waals surface area contributed by atoms with Gasteiger partial charge in [-0.2, -0.15) is 0 Å². The summed E-state index contributed by atoms with van der Waals surface area (Å²) in [5.41, 5.74) is 15.6. The number of nitrogens with zero attached hydrogens (tertiary/aromatic N) is 1. The van der Waals surface area contributed by atoms with E-state index in [1.165, 1.54) is 72.0 Å². The van der Waals surface area contributed by atoms with Crippen LogP contribution in [0.15, 0.2) is 156 Å². The molecule has 45 heavy (non-hydrogen) atoms. The summed E-state index contributed by atoms with van der Waals surface area (Å²) in [4.78, 5) is 0. The van der Waals surface area contributed by atoms with Crippen LogP contribution in [0.2, 0.25) is 0 Å². The summed E-state index contributed by atoms with van der Waals surface area (Å²) in [6.45, 7) is 0. The molecule has 1 atom stereocenters. The second-order valence-corrected chi connectivity index (χ2v) is 12.4. The Balaban J connectivity index is 1.27. The van der Waals surface area contributed by atoms with E-state index in [9.17, 15) is 0 Å². The van der Waals surface area contributed by atoms with E-state index in [0.717, 1.165) is 21.9 Å². The van der Waals surface area contributed by atoms with E-state index in [0.29, 0.717) is 0 Å². The molecule has 1 spiro atoms. The normalized spacial score (nSPS) is 16.1. The Morgan fingerprint density at radius 1 is 0.422 bits per heavy atom. The van der Waals surface area contributed by atoms with Crippen molar-refractivity contribution in [3.05, 3.63) is 174 Å². The van der Waals surface area contributed by atoms with Crippen LogP contribution in [0.5, 0.6) is 0 Å². The molecule has 7 aromatic carbocycles. The van der Waals surface area contributed by atoms with Crippen LogP contribution in [0.1, 0.15) is 22.3 Å². The van der Waals surface area contributed by atoms with E-state index in [-0.39, 0.29) is 0 Å². The lowest BCUT2D eigenvalue weighted by molar-refractivity contribution is 0.669. The minimum absolute atomic E-state index is 0.450. The molecule has 2 aromatic heterocycles. The van der Waals surface area contributed by atoms with Crippen molar-refractivity contribution in [2.24, 2.45) is 0 Å². The van der Waals surface area contributed by atoms with Crippen LogP contribution in [0, 0.1) is 0 Å². The largest absolute Gasteiger partial charge is 0.456 e. The molecular formula is C43H25NO. The molecule has 9 aromatic rings. The van der Waals surface area contributed by atoms with Gasteiger partial charge >= 0.3 is 0 Å². The number of hydrogen-bond donors (Lipinski definition) is 0. The maximum Gasteiger partial charge on any atom is 0.135 e. The lowest BCUT2D eigenvalue weighted by Gasteiger charge is -2.39. The van der Waals surface area contributed by atoms with E-state index in [2.05, 4.69) is 144 Å². The fourth-order valence-electron chi connectivity index (χ4n) is 8.65. The molecule has 0 saturated heterocycles. The molecule has 3 heterocycles. The average molecular weight is 572 g/mol. The number of rotatable bonds is 1. The average Bonchev–Trinajstić information content (AvgIpc) is 3.74. The second-order valence-electron chi connectivity index (χ2n) is 12.4. The van der Waals surface area contributed by atoms with E-state index in [1.807, 2.05) is 12.1 Å². The quantitative estimate of drug-likeness (QED) is 0.192. The van der Waals surface area contributed by atoms with Crippen molar-refractivity contribution in [1.82, 2.24) is 4.57 Å². The second kappa shape index (κ2) is 8.19. The van der Waals surface area contributed by atoms with Gasteiger partial charge in [-0.15, -0.1) is 0 Å². The van der Waals surface area contributed by atoms with Gasteiger partial charge in [0, 0.05) is 21.5 Å². The molecule has 11 rings (SSSR count). The summed E-state index contributed by atoms with van der Waals surface area (Å²) in [6, 6.07) is 55.9. The first-order valence-corrected chi connectivity index (χ1v) is 15.6. The van der Waals surface area contributed by atoms with E-state index >= 15 is 0 Å². The van der Waals surface area contributed by atoms with Crippen LogP contribution in [0.25, 0.3) is 71.7 Å². The predicted octanol–water partition coefficient (Wildman–Crippen LogP) is 11.0. The lowest BCUT2D eigenvalue weighted by Crippen LogP contribution is -2.33. The monoisotopic (exact) mass is 571 g/mol. The van der Waals surface area contributed by atoms with Crippen LogP contribution in [-0.4, -0.2) is 4.57 Å². The standard InChI is InChI=1S/C43H25NO/c1-4-14-34-28(10-1)29-22-20-27(26-21-23-41-33(24-26)31-12-3-8-19-40(31)45-41)25-37(29)43(34)35-15-5-7-18-39(35)44-38-17-6-2-11-30(38)32-13-9-16-36(43)42(32)44/h1-25H. The van der Waals surface area contributed by atoms with Gasteiger partial charge in [0.05, 0.1) is 22.1 Å². The Morgan fingerprint density at radius 3 is 2.04 bits per heavy atom. The summed E-state index contributed by atoms with van der Waals surface area (Å²) in [6.07, 6.45) is 0. The van der Waals surface area contributed by atoms with Crippen molar-refractivity contribution in [3.8, 4) is 27.9 Å². The molecule has 2 aliphatic rings. The van der Waals surface area contributed by atoms with E-state index in [4.69, 9.17) is 4.42 Å². The smallest absolute Gasteiger partial charge is 0.135 e. The summed E-state index contributed by atoms with van der Waals surface area (Å²) in [7, 11) is 0. The van der Waals surface area contributed by atoms with E-state index in [1.54, 1.807) is 0 Å². The molecule has 0 fully saturated rings. The van der Waals surface area contributed by atoms with Crippen molar-refractivity contribution in [3.63, 3.8) is 0 Å². The van der Waals surface area contributed by atoms with Crippen LogP contribution >= 0.6 is 0 Å². The molecule has 0 radical (unpaired) electrons. The van der Waals surface area contributed by atoms with Gasteiger partial charge in [0.15, 0.2) is 0 Å². The maximum atomic E-state index is 6.18. The van der Waals surface area contributed by atoms with Crippen molar-refractivity contribution in [2.45, 2.75) is 5.41 Å². The Bertz CT molecular complexity index is 2720. The molecule has 1 unspecified atom stereocenters. The van der Waals surface area contributed by atoms with Crippen LogP contribution in [0.4, 0.5) is 0 Å². The van der Waals surface area contributed by atoms with Gasteiger partial charge in [-0.25, -0.2) is 0 Å². The van der Waals surface area contributed by atoms with Crippen molar-refractivity contribution < 1.29 is 4.42 Å². The molecular weight excluding hydrogens is 546 g/mol. The Morgan fingerprint density at radius 2 is 1.09 bits per heavy atom. The summed E-state index contributed by atoms with van der Waals surface area (Å²) >= 11 is 0. The SMILES string of the molecule is c1ccc2c(c1)-c1ccc(-c3ccc4oc5ccccc5c4c3)cc1C21c2ccccc2-n2c3ccccc3c3cccc1c32. The van der Waals surface area contributed by atoms with E-state index < -0.39 is 5.41 Å². The van der Waals surface area contributed by atoms with Crippen LogP contribution < -0.4 is 0 Å². The third-order valence-corrected chi connectivity index (χ3v) is 10.4. The fourth-order valence-corrected chi connectivity index (χ4v) is 8.65. The zero-order valence-corrected chi connectivity index (χ0v) is 24.3. The predicted molar refractivity (Wildman–Crippen MR) is 184 cm³/mol. The number of hydrogen-bond acceptors (Lipinski definition) is 1. The molecule has 0 bridgehead atoms. The molecule has 2 heteroatoms. The van der Waals surface area contributed by atoms with Gasteiger partial charge in [0.2, 0.25) is 0 Å². The molecule has 0 amide bonds. The van der Waals surface area contributed by atoms with Gasteiger partial charge in [0.1, 0.15) is 11.2 Å². The third-order valence-electron chi connectivity index (χ3n) is 10.4. The van der Waals surface area contributed by atoms with Crippen LogP contribution in [0.3, 0.4) is 0 Å². The third kappa shape index (κ3) is 2.77. The van der Waals surface area contributed by atoms with Crippen molar-refractivity contribution in [1.29, 1.82) is 0 Å². The Hall–Kier alpha value is -5.86. The Kier molecular flexibility index (Phi) is 4.29. The minimum atomic E-state index is -0.450. The molecule has 208 valence electrons. The lowest BCUT2D eigenvalue weighted by atomic mass is 9.65. The molecule has 0 N–H and O–H groups in total. The molecule has 1 aliphatic heterocycles. The van der Waals surface area contributed by atoms with Gasteiger partial charge in [-0.1, -0.05) is 115 Å². The number of fused-ring (bicyclic) bond motifs is 15. The Labute approximate surface area is 259 Å². The highest BCUT2D eigenvalue weighted by atomic mass is 16.3. The molecule has 1 aliphatic carbocycles. The van der Waals surface area contributed by atoms with Gasteiger partial charge < -0.3 is 8.98 Å². The highest BCUT2D eigenvalue weighted by molar-refractivity contribution is 6.13. The fraction of sp³-hybridized carbons (Fsp3) is 0.0233. The highest BCUT2D eigenvalue weighted by Gasteiger charge is 2.50. The first kappa shape index (κ1) is 23.6. The summed E-state index contributed by atoms with van der Waals surface area (Å²) in [5.74, 6) is 0. The first-order valence-electron chi connectivity index (χ1n) is 15.6. The number of aromatic nitrogens is 1. The zero-order chi connectivity index (χ0) is 29.3. The first-order chi connectivity index (χ1) is 22.3. The van der Waals surface area contributed by atoms with Gasteiger partial charge in [-0.3, -0.25) is 0 Å². The topological polar surface area (TPSA) is 18.1 Å². The minimum Gasteiger partial charge on any atom is -0.456 e. The zero-order valence-electron chi connectivity index (χ0n) is 24.3. The van der Waals surface area contributed by atoms with Crippen molar-refractivity contribution >= 4 is 43.7 Å². The maximum absolute atomic E-state index is 6.18. The van der Waals surface area contributed by atoms with Crippen LogP contribution in [-0.2, 0) is 5.41 Å². The molecule has 0 saturated carbocycles. The van der Waals surface area contributed by atoms with Gasteiger partial charge in [-0.05, 0) is 80.9 Å². The number of furan rings is 1. The summed E-state index contributed by atoms with van der Waals surface area (Å²) < 4.78 is 8.68. The summed E-state index contributed by atoms with van der Waals surface area (Å²) in [5, 5.41) is 4.90.